The number of ether oxygens (including phenoxy) is 1. The van der Waals surface area contributed by atoms with E-state index in [-0.39, 0.29) is 11.1 Å². The highest BCUT2D eigenvalue weighted by molar-refractivity contribution is 6.04. The zero-order chi connectivity index (χ0) is 14.5. The molecule has 2 aromatic rings. The average Bonchev–Trinajstić information content (AvgIpc) is 2.47. The minimum absolute atomic E-state index is 0.236. The quantitative estimate of drug-likeness (QED) is 0.882. The minimum atomic E-state index is -0.431. The van der Waals surface area contributed by atoms with Gasteiger partial charge in [-0.2, -0.15) is 5.26 Å². The van der Waals surface area contributed by atoms with Gasteiger partial charge >= 0.3 is 0 Å². The zero-order valence-electron chi connectivity index (χ0n) is 10.6. The van der Waals surface area contributed by atoms with Gasteiger partial charge in [0.1, 0.15) is 5.75 Å². The highest BCUT2D eigenvalue weighted by Gasteiger charge is 2.10. The minimum Gasteiger partial charge on any atom is -0.495 e. The van der Waals surface area contributed by atoms with E-state index in [0.717, 1.165) is 0 Å². The molecule has 0 bridgehead atoms. The molecule has 0 saturated carbocycles. The molecule has 6 nitrogen and oxygen atoms in total. The van der Waals surface area contributed by atoms with Crippen molar-refractivity contribution in [3.8, 4) is 11.8 Å². The number of nitrogens with one attached hydrogen (secondary N) is 2. The van der Waals surface area contributed by atoms with Crippen molar-refractivity contribution in [2.75, 3.05) is 12.4 Å². The van der Waals surface area contributed by atoms with E-state index in [0.29, 0.717) is 17.0 Å². The van der Waals surface area contributed by atoms with E-state index in [1.807, 2.05) is 6.07 Å². The van der Waals surface area contributed by atoms with Crippen molar-refractivity contribution in [2.45, 2.75) is 0 Å². The van der Waals surface area contributed by atoms with Crippen LogP contribution < -0.4 is 15.6 Å². The van der Waals surface area contributed by atoms with E-state index in [1.165, 1.54) is 31.5 Å². The first kappa shape index (κ1) is 13.4. The maximum Gasteiger partial charge on any atom is 0.256 e. The van der Waals surface area contributed by atoms with Crippen molar-refractivity contribution in [1.82, 2.24) is 4.98 Å². The van der Waals surface area contributed by atoms with Crippen LogP contribution in [-0.4, -0.2) is 18.0 Å². The summed E-state index contributed by atoms with van der Waals surface area (Å²) in [5.74, 6) is -0.0543. The maximum atomic E-state index is 12.0. The lowest BCUT2D eigenvalue weighted by atomic mass is 10.2. The van der Waals surface area contributed by atoms with Crippen LogP contribution in [0.3, 0.4) is 0 Å². The average molecular weight is 269 g/mol. The lowest BCUT2D eigenvalue weighted by molar-refractivity contribution is 0.102. The van der Waals surface area contributed by atoms with Gasteiger partial charge in [-0.15, -0.1) is 0 Å². The molecule has 1 aromatic heterocycles. The maximum absolute atomic E-state index is 12.0. The fraction of sp³-hybridized carbons (Fsp3) is 0.0714. The predicted molar refractivity (Wildman–Crippen MR) is 72.7 cm³/mol. The number of methoxy groups -OCH3 is 1. The van der Waals surface area contributed by atoms with Crippen LogP contribution in [0.15, 0.2) is 41.3 Å². The number of hydrogen-bond acceptors (Lipinski definition) is 4. The number of anilines is 1. The van der Waals surface area contributed by atoms with Crippen molar-refractivity contribution in [3.63, 3.8) is 0 Å². The second-order valence-electron chi connectivity index (χ2n) is 3.92. The number of carbonyl (C=O) groups is 1. The third-order valence-corrected chi connectivity index (χ3v) is 2.62. The van der Waals surface area contributed by atoms with Gasteiger partial charge in [-0.1, -0.05) is 0 Å². The Bertz CT molecular complexity index is 744. The van der Waals surface area contributed by atoms with E-state index in [4.69, 9.17) is 10.00 Å². The number of H-pyrrole nitrogens is 1. The molecule has 6 heteroatoms. The van der Waals surface area contributed by atoms with Gasteiger partial charge in [0, 0.05) is 23.9 Å². The number of benzene rings is 1. The molecular formula is C14H11N3O3. The van der Waals surface area contributed by atoms with E-state index in [1.54, 1.807) is 12.1 Å². The molecule has 0 saturated heterocycles. The zero-order valence-corrected chi connectivity index (χ0v) is 10.6. The second kappa shape index (κ2) is 5.71. The molecule has 1 amide bonds. The monoisotopic (exact) mass is 269 g/mol. The van der Waals surface area contributed by atoms with Crippen LogP contribution in [0, 0.1) is 11.3 Å². The van der Waals surface area contributed by atoms with Gasteiger partial charge in [-0.05, 0) is 18.2 Å². The van der Waals surface area contributed by atoms with Crippen molar-refractivity contribution >= 4 is 11.6 Å². The van der Waals surface area contributed by atoms with Crippen molar-refractivity contribution in [3.05, 3.63) is 58.0 Å². The largest absolute Gasteiger partial charge is 0.495 e. The molecule has 100 valence electrons. The van der Waals surface area contributed by atoms with Gasteiger partial charge in [0.15, 0.2) is 0 Å². The van der Waals surface area contributed by atoms with E-state index >= 15 is 0 Å². The Labute approximate surface area is 114 Å². The van der Waals surface area contributed by atoms with Crippen LogP contribution in [0.5, 0.6) is 5.75 Å². The Hall–Kier alpha value is -3.07. The Balaban J connectivity index is 2.28. The molecule has 0 aliphatic heterocycles. The Morgan fingerprint density at radius 1 is 1.35 bits per heavy atom. The summed E-state index contributed by atoms with van der Waals surface area (Å²) in [6.07, 6.45) is 1.40. The molecule has 0 unspecified atom stereocenters. The highest BCUT2D eigenvalue weighted by Crippen LogP contribution is 2.25. The molecule has 2 rings (SSSR count). The van der Waals surface area contributed by atoms with Gasteiger partial charge in [-0.3, -0.25) is 9.59 Å². The van der Waals surface area contributed by atoms with E-state index in [2.05, 4.69) is 10.3 Å². The first-order valence-corrected chi connectivity index (χ1v) is 5.72. The van der Waals surface area contributed by atoms with Gasteiger partial charge in [-0.25, -0.2) is 0 Å². The second-order valence-corrected chi connectivity index (χ2v) is 3.92. The Morgan fingerprint density at radius 2 is 2.15 bits per heavy atom. The number of rotatable bonds is 3. The summed E-state index contributed by atoms with van der Waals surface area (Å²) in [4.78, 5) is 25.6. The number of hydrogen-bond donors (Lipinski definition) is 2. The third-order valence-electron chi connectivity index (χ3n) is 2.62. The van der Waals surface area contributed by atoms with Gasteiger partial charge in [0.05, 0.1) is 24.4 Å². The summed E-state index contributed by atoms with van der Waals surface area (Å²) in [6.45, 7) is 0. The molecule has 0 aliphatic carbocycles. The van der Waals surface area contributed by atoms with Crippen molar-refractivity contribution < 1.29 is 9.53 Å². The van der Waals surface area contributed by atoms with E-state index in [9.17, 15) is 9.59 Å². The number of amides is 1. The fourth-order valence-corrected chi connectivity index (χ4v) is 1.64. The molecule has 20 heavy (non-hydrogen) atoms. The lowest BCUT2D eigenvalue weighted by Gasteiger charge is -2.10. The first-order valence-electron chi connectivity index (χ1n) is 5.72. The number of aromatic amines is 1. The molecule has 0 atom stereocenters. The summed E-state index contributed by atoms with van der Waals surface area (Å²) in [7, 11) is 1.44. The Kier molecular flexibility index (Phi) is 3.82. The molecule has 0 aliphatic rings. The standard InChI is InChI=1S/C14H11N3O3/c1-20-12-6-9(8-15)2-3-11(12)17-14(19)10-4-5-16-13(18)7-10/h2-7H,1H3,(H,16,18)(H,17,19). The van der Waals surface area contributed by atoms with Crippen LogP contribution in [0.1, 0.15) is 15.9 Å². The number of aromatic nitrogens is 1. The number of nitrogens with zero attached hydrogens (tertiary/aromatic N) is 1. The normalized spacial score (nSPS) is 9.60. The molecule has 2 N–H and O–H groups in total. The van der Waals surface area contributed by atoms with Gasteiger partial charge < -0.3 is 15.0 Å². The van der Waals surface area contributed by atoms with E-state index < -0.39 is 5.91 Å². The molecule has 0 fully saturated rings. The molecule has 0 radical (unpaired) electrons. The third kappa shape index (κ3) is 2.84. The first-order chi connectivity index (χ1) is 9.63. The van der Waals surface area contributed by atoms with Gasteiger partial charge in [0.25, 0.3) is 5.91 Å². The lowest BCUT2D eigenvalue weighted by Crippen LogP contribution is -2.16. The summed E-state index contributed by atoms with van der Waals surface area (Å²) in [5.41, 5.74) is 0.734. The highest BCUT2D eigenvalue weighted by atomic mass is 16.5. The number of carbonyl (C=O) groups excluding carboxylic acids is 1. The predicted octanol–water partition coefficient (Wildman–Crippen LogP) is 1.51. The van der Waals surface area contributed by atoms with Crippen molar-refractivity contribution in [1.29, 1.82) is 5.26 Å². The summed E-state index contributed by atoms with van der Waals surface area (Å²) < 4.78 is 5.11. The molecule has 1 heterocycles. The van der Waals surface area contributed by atoms with Crippen LogP contribution >= 0.6 is 0 Å². The molecular weight excluding hydrogens is 258 g/mol. The Morgan fingerprint density at radius 3 is 2.80 bits per heavy atom. The molecule has 0 spiro atoms. The number of nitriles is 1. The van der Waals surface area contributed by atoms with Crippen LogP contribution in [0.4, 0.5) is 5.69 Å². The SMILES string of the molecule is COc1cc(C#N)ccc1NC(=O)c1cc[nH]c(=O)c1. The van der Waals surface area contributed by atoms with Crippen LogP contribution in [-0.2, 0) is 0 Å². The summed E-state index contributed by atoms with van der Waals surface area (Å²) >= 11 is 0. The summed E-state index contributed by atoms with van der Waals surface area (Å²) in [5, 5.41) is 11.4. The summed E-state index contributed by atoms with van der Waals surface area (Å²) in [6, 6.07) is 9.33. The van der Waals surface area contributed by atoms with Gasteiger partial charge in [0.2, 0.25) is 5.56 Å². The van der Waals surface area contributed by atoms with Crippen LogP contribution in [0.2, 0.25) is 0 Å². The topological polar surface area (TPSA) is 95.0 Å². The molecule has 1 aromatic carbocycles. The number of pyridine rings is 1. The van der Waals surface area contributed by atoms with Crippen molar-refractivity contribution in [2.24, 2.45) is 0 Å². The fourth-order valence-electron chi connectivity index (χ4n) is 1.64. The smallest absolute Gasteiger partial charge is 0.256 e. The van der Waals surface area contributed by atoms with Crippen LogP contribution in [0.25, 0.3) is 0 Å².